The molecule has 1 aliphatic rings. The largest absolute Gasteiger partial charge is 0.465 e. The molecule has 1 aliphatic heterocycles. The summed E-state index contributed by atoms with van der Waals surface area (Å²) >= 11 is 5.91. The second-order valence-electron chi connectivity index (χ2n) is 3.77. The van der Waals surface area contributed by atoms with Crippen molar-refractivity contribution in [3.8, 4) is 0 Å². The number of nitrogens with zero attached hydrogens (tertiary/aromatic N) is 2. The van der Waals surface area contributed by atoms with E-state index in [2.05, 4.69) is 19.9 Å². The van der Waals surface area contributed by atoms with Gasteiger partial charge in [0, 0.05) is 26.2 Å². The molecule has 1 aromatic rings. The van der Waals surface area contributed by atoms with E-state index in [-0.39, 0.29) is 0 Å². The third-order valence-electron chi connectivity index (χ3n) is 2.64. The summed E-state index contributed by atoms with van der Waals surface area (Å²) in [5.41, 5.74) is 0.432. The van der Waals surface area contributed by atoms with E-state index < -0.39 is 5.97 Å². The first-order valence-corrected chi connectivity index (χ1v) is 5.80. The van der Waals surface area contributed by atoms with Gasteiger partial charge in [-0.25, -0.2) is 9.78 Å². The monoisotopic (exact) mass is 255 g/mol. The molecule has 0 radical (unpaired) electrons. The van der Waals surface area contributed by atoms with Gasteiger partial charge in [0.1, 0.15) is 11.0 Å². The molecule has 1 N–H and O–H groups in total. The Labute approximate surface area is 105 Å². The average Bonchev–Trinajstić information content (AvgIpc) is 2.38. The highest BCUT2D eigenvalue weighted by Gasteiger charge is 2.15. The van der Waals surface area contributed by atoms with Crippen LogP contribution in [0, 0.1) is 0 Å². The van der Waals surface area contributed by atoms with Crippen molar-refractivity contribution in [3.63, 3.8) is 0 Å². The molecule has 17 heavy (non-hydrogen) atoms. The number of carbonyl (C=O) groups is 1. The number of rotatable bonds is 2. The number of pyridine rings is 1. The van der Waals surface area contributed by atoms with Gasteiger partial charge in [0.25, 0.3) is 0 Å². The maximum Gasteiger partial charge on any atom is 0.338 e. The zero-order chi connectivity index (χ0) is 12.3. The molecule has 5 nitrogen and oxygen atoms in total. The lowest BCUT2D eigenvalue weighted by Crippen LogP contribution is -2.44. The zero-order valence-corrected chi connectivity index (χ0v) is 10.3. The van der Waals surface area contributed by atoms with E-state index in [0.717, 1.165) is 32.0 Å². The smallest absolute Gasteiger partial charge is 0.338 e. The van der Waals surface area contributed by atoms with E-state index in [1.165, 1.54) is 13.2 Å². The molecule has 1 saturated heterocycles. The molecule has 0 aliphatic carbocycles. The summed E-state index contributed by atoms with van der Waals surface area (Å²) < 4.78 is 4.68. The fourth-order valence-electron chi connectivity index (χ4n) is 1.77. The van der Waals surface area contributed by atoms with E-state index in [1.54, 1.807) is 6.07 Å². The fraction of sp³-hybridized carbons (Fsp3) is 0.455. The number of hydrogen-bond acceptors (Lipinski definition) is 5. The molecule has 6 heteroatoms. The van der Waals surface area contributed by atoms with Crippen LogP contribution in [0.2, 0.25) is 5.15 Å². The Hall–Kier alpha value is -1.33. The lowest BCUT2D eigenvalue weighted by molar-refractivity contribution is 0.0600. The number of esters is 1. The first-order chi connectivity index (χ1) is 8.20. The Balaban J connectivity index is 2.27. The van der Waals surface area contributed by atoms with Gasteiger partial charge in [0.15, 0.2) is 0 Å². The summed E-state index contributed by atoms with van der Waals surface area (Å²) in [5, 5.41) is 3.56. The fourth-order valence-corrected chi connectivity index (χ4v) is 1.98. The van der Waals surface area contributed by atoms with Crippen LogP contribution in [0.4, 0.5) is 5.82 Å². The van der Waals surface area contributed by atoms with Gasteiger partial charge in [0.05, 0.1) is 12.7 Å². The third kappa shape index (κ3) is 2.87. The van der Waals surface area contributed by atoms with Gasteiger partial charge >= 0.3 is 5.97 Å². The Kier molecular flexibility index (Phi) is 3.81. The highest BCUT2D eigenvalue weighted by Crippen LogP contribution is 2.19. The van der Waals surface area contributed by atoms with E-state index in [0.29, 0.717) is 10.7 Å². The summed E-state index contributed by atoms with van der Waals surface area (Å²) in [5.74, 6) is 0.324. The highest BCUT2D eigenvalue weighted by atomic mass is 35.5. The van der Waals surface area contributed by atoms with Gasteiger partial charge in [-0.3, -0.25) is 0 Å². The molecule has 0 spiro atoms. The Morgan fingerprint density at radius 1 is 1.47 bits per heavy atom. The molecule has 1 fully saturated rings. The molecule has 0 bridgehead atoms. The second-order valence-corrected chi connectivity index (χ2v) is 4.15. The van der Waals surface area contributed by atoms with Gasteiger partial charge in [-0.05, 0) is 12.1 Å². The van der Waals surface area contributed by atoms with Gasteiger partial charge in [-0.15, -0.1) is 0 Å². The predicted molar refractivity (Wildman–Crippen MR) is 65.7 cm³/mol. The number of anilines is 1. The van der Waals surface area contributed by atoms with Crippen molar-refractivity contribution in [1.82, 2.24) is 10.3 Å². The number of hydrogen-bond donors (Lipinski definition) is 1. The van der Waals surface area contributed by atoms with Gasteiger partial charge < -0.3 is 15.0 Å². The minimum atomic E-state index is -0.398. The molecular weight excluding hydrogens is 242 g/mol. The number of methoxy groups -OCH3 is 1. The van der Waals surface area contributed by atoms with Crippen LogP contribution in [-0.2, 0) is 4.74 Å². The number of ether oxygens (including phenoxy) is 1. The summed E-state index contributed by atoms with van der Waals surface area (Å²) in [7, 11) is 1.35. The topological polar surface area (TPSA) is 54.5 Å². The second kappa shape index (κ2) is 5.33. The molecule has 0 amide bonds. The van der Waals surface area contributed by atoms with Crippen molar-refractivity contribution in [1.29, 1.82) is 0 Å². The molecule has 0 unspecified atom stereocenters. The Bertz CT molecular complexity index is 419. The maximum absolute atomic E-state index is 11.5. The predicted octanol–water partition coefficient (Wildman–Crippen LogP) is 0.931. The van der Waals surface area contributed by atoms with Gasteiger partial charge in [-0.2, -0.15) is 0 Å². The van der Waals surface area contributed by atoms with Gasteiger partial charge in [-0.1, -0.05) is 11.6 Å². The molecule has 0 saturated carbocycles. The van der Waals surface area contributed by atoms with Crippen molar-refractivity contribution >= 4 is 23.4 Å². The minimum Gasteiger partial charge on any atom is -0.465 e. The SMILES string of the molecule is COC(=O)c1cc(Cl)nc(N2CCNCC2)c1. The lowest BCUT2D eigenvalue weighted by Gasteiger charge is -2.28. The summed E-state index contributed by atoms with van der Waals surface area (Å²) in [6.07, 6.45) is 0. The van der Waals surface area contributed by atoms with Crippen molar-refractivity contribution in [2.24, 2.45) is 0 Å². The summed E-state index contributed by atoms with van der Waals surface area (Å²) in [6, 6.07) is 3.22. The van der Waals surface area contributed by atoms with E-state index in [1.807, 2.05) is 0 Å². The Morgan fingerprint density at radius 3 is 2.82 bits per heavy atom. The van der Waals surface area contributed by atoms with Crippen LogP contribution < -0.4 is 10.2 Å². The first-order valence-electron chi connectivity index (χ1n) is 5.42. The zero-order valence-electron chi connectivity index (χ0n) is 9.57. The van der Waals surface area contributed by atoms with Crippen molar-refractivity contribution in [2.45, 2.75) is 0 Å². The standard InChI is InChI=1S/C11H14ClN3O2/c1-17-11(16)8-6-9(12)14-10(7-8)15-4-2-13-3-5-15/h6-7,13H,2-5H2,1H3. The molecule has 2 rings (SSSR count). The van der Waals surface area contributed by atoms with Crippen LogP contribution in [-0.4, -0.2) is 44.2 Å². The number of aromatic nitrogens is 1. The number of piperazine rings is 1. The number of halogens is 1. The molecule has 1 aromatic heterocycles. The minimum absolute atomic E-state index is 0.307. The van der Waals surface area contributed by atoms with E-state index in [4.69, 9.17) is 11.6 Å². The first kappa shape index (κ1) is 12.1. The lowest BCUT2D eigenvalue weighted by atomic mass is 10.2. The molecule has 0 atom stereocenters. The normalized spacial score (nSPS) is 15.8. The molecule has 2 heterocycles. The maximum atomic E-state index is 11.5. The van der Waals surface area contributed by atoms with Crippen LogP contribution in [0.1, 0.15) is 10.4 Å². The van der Waals surface area contributed by atoms with Crippen molar-refractivity contribution < 1.29 is 9.53 Å². The van der Waals surface area contributed by atoms with Crippen LogP contribution in [0.3, 0.4) is 0 Å². The molecule has 92 valence electrons. The van der Waals surface area contributed by atoms with Gasteiger partial charge in [0.2, 0.25) is 0 Å². The highest BCUT2D eigenvalue weighted by molar-refractivity contribution is 6.29. The number of carbonyl (C=O) groups excluding carboxylic acids is 1. The third-order valence-corrected chi connectivity index (χ3v) is 2.84. The summed E-state index contributed by atoms with van der Waals surface area (Å²) in [6.45, 7) is 3.52. The van der Waals surface area contributed by atoms with Crippen molar-refractivity contribution in [2.75, 3.05) is 38.2 Å². The van der Waals surface area contributed by atoms with Crippen LogP contribution in [0.5, 0.6) is 0 Å². The van der Waals surface area contributed by atoms with Crippen LogP contribution in [0.15, 0.2) is 12.1 Å². The molecular formula is C11H14ClN3O2. The van der Waals surface area contributed by atoms with E-state index >= 15 is 0 Å². The average molecular weight is 256 g/mol. The Morgan fingerprint density at radius 2 is 2.18 bits per heavy atom. The number of nitrogens with one attached hydrogen (secondary N) is 1. The van der Waals surface area contributed by atoms with Crippen LogP contribution >= 0.6 is 11.6 Å². The quantitative estimate of drug-likeness (QED) is 0.629. The summed E-state index contributed by atoms with van der Waals surface area (Å²) in [4.78, 5) is 17.8. The molecule has 0 aromatic carbocycles. The van der Waals surface area contributed by atoms with E-state index in [9.17, 15) is 4.79 Å². The van der Waals surface area contributed by atoms with Crippen molar-refractivity contribution in [3.05, 3.63) is 22.8 Å². The van der Waals surface area contributed by atoms with Crippen LogP contribution in [0.25, 0.3) is 0 Å².